The van der Waals surface area contributed by atoms with Gasteiger partial charge in [0.1, 0.15) is 13.2 Å². The van der Waals surface area contributed by atoms with E-state index in [1.54, 1.807) is 0 Å². The van der Waals surface area contributed by atoms with Crippen LogP contribution in [0.5, 0.6) is 0 Å². The summed E-state index contributed by atoms with van der Waals surface area (Å²) in [6.45, 7) is 7.02. The van der Waals surface area contributed by atoms with Gasteiger partial charge in [-0.05, 0) is 12.5 Å². The molecule has 0 atom stereocenters. The van der Waals surface area contributed by atoms with Crippen molar-refractivity contribution in [1.29, 1.82) is 0 Å². The van der Waals surface area contributed by atoms with Crippen LogP contribution >= 0.6 is 0 Å². The molecule has 56 valence electrons. The topological polar surface area (TPSA) is 18.5 Å². The molecule has 1 fully saturated rings. The molecule has 0 bridgehead atoms. The number of allylic oxidation sites excluding steroid dienone is 1. The second-order valence-electron chi connectivity index (χ2n) is 2.10. The summed E-state index contributed by atoms with van der Waals surface area (Å²) in [6.07, 6.45) is 2.93. The predicted molar refractivity (Wildman–Crippen MR) is 39.4 cm³/mol. The van der Waals surface area contributed by atoms with Crippen LogP contribution in [-0.4, -0.2) is 13.2 Å². The zero-order valence-corrected chi connectivity index (χ0v) is 6.22. The molecular formula is C8H12O2. The van der Waals surface area contributed by atoms with E-state index < -0.39 is 0 Å². The van der Waals surface area contributed by atoms with Crippen LogP contribution < -0.4 is 0 Å². The van der Waals surface area contributed by atoms with Gasteiger partial charge >= 0.3 is 0 Å². The predicted octanol–water partition coefficient (Wildman–Crippen LogP) is 1.84. The highest BCUT2D eigenvalue weighted by atomic mass is 16.6. The van der Waals surface area contributed by atoms with E-state index in [1.165, 1.54) is 0 Å². The van der Waals surface area contributed by atoms with Crippen LogP contribution in [0.2, 0.25) is 0 Å². The molecule has 10 heavy (non-hydrogen) atoms. The van der Waals surface area contributed by atoms with Gasteiger partial charge in [-0.3, -0.25) is 0 Å². The van der Waals surface area contributed by atoms with Gasteiger partial charge in [0.15, 0.2) is 11.5 Å². The van der Waals surface area contributed by atoms with Crippen molar-refractivity contribution in [1.82, 2.24) is 0 Å². The van der Waals surface area contributed by atoms with E-state index in [0.717, 1.165) is 12.2 Å². The highest BCUT2D eigenvalue weighted by Gasteiger charge is 2.09. The van der Waals surface area contributed by atoms with Gasteiger partial charge in [0, 0.05) is 0 Å². The summed E-state index contributed by atoms with van der Waals surface area (Å²) < 4.78 is 10.4. The highest BCUT2D eigenvalue weighted by Crippen LogP contribution is 2.15. The standard InChI is InChI=1S/C8H12O2/c1-3-4-8-7(2)9-5-6-10-8/h4H,2-3,5-6H2,1H3. The molecule has 0 radical (unpaired) electrons. The van der Waals surface area contributed by atoms with Crippen LogP contribution in [0.4, 0.5) is 0 Å². The van der Waals surface area contributed by atoms with Gasteiger partial charge < -0.3 is 9.47 Å². The molecule has 2 heteroatoms. The van der Waals surface area contributed by atoms with Gasteiger partial charge in [0.25, 0.3) is 0 Å². The average Bonchev–Trinajstić information content (AvgIpc) is 1.94. The molecule has 0 unspecified atom stereocenters. The van der Waals surface area contributed by atoms with Crippen LogP contribution in [-0.2, 0) is 9.47 Å². The molecule has 0 aliphatic carbocycles. The Morgan fingerprint density at radius 3 is 2.80 bits per heavy atom. The second-order valence-corrected chi connectivity index (χ2v) is 2.10. The van der Waals surface area contributed by atoms with Crippen molar-refractivity contribution in [3.8, 4) is 0 Å². The highest BCUT2D eigenvalue weighted by molar-refractivity contribution is 5.17. The van der Waals surface area contributed by atoms with Crippen LogP contribution in [0.3, 0.4) is 0 Å². The summed E-state index contributed by atoms with van der Waals surface area (Å²) in [5.41, 5.74) is 0. The number of hydrogen-bond donors (Lipinski definition) is 0. The van der Waals surface area contributed by atoms with E-state index in [4.69, 9.17) is 9.47 Å². The van der Waals surface area contributed by atoms with Gasteiger partial charge in [-0.1, -0.05) is 13.5 Å². The molecule has 0 aromatic carbocycles. The first-order valence-electron chi connectivity index (χ1n) is 3.49. The van der Waals surface area contributed by atoms with Crippen molar-refractivity contribution >= 4 is 0 Å². The first-order valence-corrected chi connectivity index (χ1v) is 3.49. The number of rotatable bonds is 1. The van der Waals surface area contributed by atoms with Crippen molar-refractivity contribution in [3.63, 3.8) is 0 Å². The summed E-state index contributed by atoms with van der Waals surface area (Å²) in [7, 11) is 0. The van der Waals surface area contributed by atoms with Crippen molar-refractivity contribution in [2.24, 2.45) is 0 Å². The Morgan fingerprint density at radius 2 is 2.20 bits per heavy atom. The Kier molecular flexibility index (Phi) is 2.37. The van der Waals surface area contributed by atoms with Gasteiger partial charge in [-0.15, -0.1) is 0 Å². The molecule has 0 amide bonds. The molecule has 0 aromatic rings. The Morgan fingerprint density at radius 1 is 1.50 bits per heavy atom. The Bertz CT molecular complexity index is 159. The summed E-state index contributed by atoms with van der Waals surface area (Å²) in [4.78, 5) is 0. The molecule has 0 N–H and O–H groups in total. The molecular weight excluding hydrogens is 128 g/mol. The molecule has 0 aromatic heterocycles. The summed E-state index contributed by atoms with van der Waals surface area (Å²) >= 11 is 0. The first kappa shape index (κ1) is 7.19. The lowest BCUT2D eigenvalue weighted by Gasteiger charge is -2.19. The maximum atomic E-state index is 5.27. The fraction of sp³-hybridized carbons (Fsp3) is 0.500. The lowest BCUT2D eigenvalue weighted by atomic mass is 10.3. The Hall–Kier alpha value is -0.920. The van der Waals surface area contributed by atoms with E-state index in [2.05, 4.69) is 13.5 Å². The quantitative estimate of drug-likeness (QED) is 0.553. The van der Waals surface area contributed by atoms with Gasteiger partial charge in [-0.25, -0.2) is 0 Å². The van der Waals surface area contributed by atoms with Crippen molar-refractivity contribution < 1.29 is 9.47 Å². The largest absolute Gasteiger partial charge is 0.487 e. The van der Waals surface area contributed by atoms with Gasteiger partial charge in [-0.2, -0.15) is 0 Å². The summed E-state index contributed by atoms with van der Waals surface area (Å²) in [5.74, 6) is 1.46. The van der Waals surface area contributed by atoms with E-state index in [0.29, 0.717) is 19.0 Å². The van der Waals surface area contributed by atoms with Crippen LogP contribution in [0, 0.1) is 0 Å². The van der Waals surface area contributed by atoms with Crippen LogP contribution in [0.15, 0.2) is 24.2 Å². The summed E-state index contributed by atoms with van der Waals surface area (Å²) in [5, 5.41) is 0. The van der Waals surface area contributed by atoms with E-state index in [1.807, 2.05) is 6.08 Å². The van der Waals surface area contributed by atoms with Crippen molar-refractivity contribution in [3.05, 3.63) is 24.2 Å². The molecule has 0 spiro atoms. The molecule has 0 saturated carbocycles. The Balaban J connectivity index is 2.56. The van der Waals surface area contributed by atoms with Crippen molar-refractivity contribution in [2.75, 3.05) is 13.2 Å². The SMILES string of the molecule is C=C1OCCOC1=CCC. The zero-order chi connectivity index (χ0) is 7.40. The minimum Gasteiger partial charge on any atom is -0.487 e. The molecule has 1 rings (SSSR count). The molecule has 1 heterocycles. The normalized spacial score (nSPS) is 22.1. The molecule has 1 aliphatic heterocycles. The minimum atomic E-state index is 0.625. The molecule has 1 saturated heterocycles. The average molecular weight is 140 g/mol. The minimum absolute atomic E-state index is 0.625. The zero-order valence-electron chi connectivity index (χ0n) is 6.22. The maximum absolute atomic E-state index is 5.27. The molecule has 1 aliphatic rings. The Labute approximate surface area is 61.1 Å². The van der Waals surface area contributed by atoms with Gasteiger partial charge in [0.05, 0.1) is 0 Å². The lowest BCUT2D eigenvalue weighted by Crippen LogP contribution is -2.12. The van der Waals surface area contributed by atoms with E-state index in [9.17, 15) is 0 Å². The third-order valence-electron chi connectivity index (χ3n) is 1.28. The molecule has 2 nitrogen and oxygen atoms in total. The summed E-state index contributed by atoms with van der Waals surface area (Å²) in [6, 6.07) is 0. The van der Waals surface area contributed by atoms with Crippen LogP contribution in [0.1, 0.15) is 13.3 Å². The fourth-order valence-electron chi connectivity index (χ4n) is 0.826. The third-order valence-corrected chi connectivity index (χ3v) is 1.28. The second kappa shape index (κ2) is 3.30. The van der Waals surface area contributed by atoms with E-state index >= 15 is 0 Å². The maximum Gasteiger partial charge on any atom is 0.156 e. The van der Waals surface area contributed by atoms with Gasteiger partial charge in [0.2, 0.25) is 0 Å². The fourth-order valence-corrected chi connectivity index (χ4v) is 0.826. The van der Waals surface area contributed by atoms with Crippen LogP contribution in [0.25, 0.3) is 0 Å². The lowest BCUT2D eigenvalue weighted by molar-refractivity contribution is 0.0600. The van der Waals surface area contributed by atoms with Crippen molar-refractivity contribution in [2.45, 2.75) is 13.3 Å². The monoisotopic (exact) mass is 140 g/mol. The van der Waals surface area contributed by atoms with E-state index in [-0.39, 0.29) is 0 Å². The number of ether oxygens (including phenoxy) is 2. The first-order chi connectivity index (χ1) is 4.84. The number of hydrogen-bond acceptors (Lipinski definition) is 2. The smallest absolute Gasteiger partial charge is 0.156 e. The third kappa shape index (κ3) is 1.53.